The molecule has 0 radical (unpaired) electrons. The molecule has 0 bridgehead atoms. The van der Waals surface area contributed by atoms with Crippen LogP contribution in [0.4, 0.5) is 0 Å². The lowest BCUT2D eigenvalue weighted by molar-refractivity contribution is 0.119. The van der Waals surface area contributed by atoms with E-state index >= 15 is 0 Å². The van der Waals surface area contributed by atoms with Crippen LogP contribution < -0.4 is 0 Å². The van der Waals surface area contributed by atoms with Crippen LogP contribution >= 0.6 is 0 Å². The Hall–Kier alpha value is -0.380. The summed E-state index contributed by atoms with van der Waals surface area (Å²) in [4.78, 5) is 0. The van der Waals surface area contributed by atoms with Crippen LogP contribution in [0.3, 0.4) is 0 Å². The van der Waals surface area contributed by atoms with Crippen molar-refractivity contribution in [1.29, 1.82) is 0 Å². The van der Waals surface area contributed by atoms with Gasteiger partial charge in [0.1, 0.15) is 0 Å². The minimum Gasteiger partial charge on any atom is -0.396 e. The molecule has 3 heteroatoms. The third-order valence-electron chi connectivity index (χ3n) is 2.66. The molecule has 1 rings (SSSR count). The maximum Gasteiger partial charge on any atom is 0.0645 e. The van der Waals surface area contributed by atoms with E-state index in [1.165, 1.54) is 0 Å². The lowest BCUT2D eigenvalue weighted by atomic mass is 9.97. The zero-order valence-corrected chi connectivity index (χ0v) is 7.32. The molecule has 0 aromatic heterocycles. The summed E-state index contributed by atoms with van der Waals surface area (Å²) in [6.45, 7) is 2.05. The van der Waals surface area contributed by atoms with Gasteiger partial charge in [-0.2, -0.15) is 0 Å². The van der Waals surface area contributed by atoms with Gasteiger partial charge < -0.3 is 15.3 Å². The number of aliphatic hydroxyl groups excluding tert-OH is 3. The monoisotopic (exact) mass is 172 g/mol. The van der Waals surface area contributed by atoms with Gasteiger partial charge in [-0.3, -0.25) is 0 Å². The zero-order chi connectivity index (χ0) is 9.14. The third-order valence-corrected chi connectivity index (χ3v) is 2.66. The van der Waals surface area contributed by atoms with E-state index in [9.17, 15) is 5.11 Å². The molecule has 0 heterocycles. The summed E-state index contributed by atoms with van der Waals surface area (Å²) in [5.74, 6) is 0.0529. The van der Waals surface area contributed by atoms with E-state index in [1.807, 2.05) is 6.92 Å². The second-order valence-electron chi connectivity index (χ2n) is 3.33. The average Bonchev–Trinajstić information content (AvgIpc) is 2.32. The van der Waals surface area contributed by atoms with Gasteiger partial charge in [-0.25, -0.2) is 0 Å². The molecule has 0 saturated carbocycles. The number of hydrogen-bond acceptors (Lipinski definition) is 3. The number of hydrogen-bond donors (Lipinski definition) is 3. The van der Waals surface area contributed by atoms with Crippen molar-refractivity contribution >= 4 is 0 Å². The molecule has 0 aromatic carbocycles. The van der Waals surface area contributed by atoms with Crippen LogP contribution in [-0.2, 0) is 0 Å². The van der Waals surface area contributed by atoms with Gasteiger partial charge in [-0.1, -0.05) is 5.57 Å². The second kappa shape index (κ2) is 4.03. The quantitative estimate of drug-likeness (QED) is 0.527. The smallest absolute Gasteiger partial charge is 0.0645 e. The zero-order valence-electron chi connectivity index (χ0n) is 7.32. The Morgan fingerprint density at radius 2 is 2.08 bits per heavy atom. The molecule has 3 N–H and O–H groups in total. The molecule has 1 aliphatic carbocycles. The van der Waals surface area contributed by atoms with Crippen molar-refractivity contribution in [3.8, 4) is 0 Å². The van der Waals surface area contributed by atoms with Crippen LogP contribution in [0, 0.1) is 5.92 Å². The van der Waals surface area contributed by atoms with Gasteiger partial charge in [0.2, 0.25) is 0 Å². The summed E-state index contributed by atoms with van der Waals surface area (Å²) in [6, 6.07) is 0. The van der Waals surface area contributed by atoms with Crippen molar-refractivity contribution in [1.82, 2.24) is 0 Å². The van der Waals surface area contributed by atoms with Gasteiger partial charge in [-0.05, 0) is 25.3 Å². The molecule has 70 valence electrons. The predicted molar refractivity (Wildman–Crippen MR) is 45.6 cm³/mol. The third kappa shape index (κ3) is 1.68. The highest BCUT2D eigenvalue weighted by Gasteiger charge is 2.29. The molecule has 0 amide bonds. The van der Waals surface area contributed by atoms with Gasteiger partial charge in [0, 0.05) is 12.5 Å². The first-order valence-electron chi connectivity index (χ1n) is 4.29. The Labute approximate surface area is 72.3 Å². The van der Waals surface area contributed by atoms with Crippen LogP contribution in [0.15, 0.2) is 11.1 Å². The molecule has 3 nitrogen and oxygen atoms in total. The summed E-state index contributed by atoms with van der Waals surface area (Å²) in [5, 5.41) is 27.2. The maximum atomic E-state index is 9.53. The van der Waals surface area contributed by atoms with E-state index in [0.29, 0.717) is 12.8 Å². The highest BCUT2D eigenvalue weighted by Crippen LogP contribution is 2.33. The van der Waals surface area contributed by atoms with E-state index in [2.05, 4.69) is 0 Å². The summed E-state index contributed by atoms with van der Waals surface area (Å²) in [7, 11) is 0. The Morgan fingerprint density at radius 1 is 1.42 bits per heavy atom. The predicted octanol–water partition coefficient (Wildman–Crippen LogP) is 0.0584. The van der Waals surface area contributed by atoms with Crippen LogP contribution in [0.2, 0.25) is 0 Å². The van der Waals surface area contributed by atoms with Crippen LogP contribution in [0.5, 0.6) is 0 Å². The SMILES string of the molecule is CC1=C(CO)C[C@@H](O)[C@@H]1CCO. The molecule has 0 fully saturated rings. The van der Waals surface area contributed by atoms with E-state index in [4.69, 9.17) is 10.2 Å². The Kier molecular flexibility index (Phi) is 3.26. The normalized spacial score (nSPS) is 30.0. The molecule has 0 unspecified atom stereocenters. The molecule has 2 atom stereocenters. The Balaban J connectivity index is 2.67. The summed E-state index contributed by atoms with van der Waals surface area (Å²) in [5.41, 5.74) is 1.99. The second-order valence-corrected chi connectivity index (χ2v) is 3.33. The van der Waals surface area contributed by atoms with Crippen molar-refractivity contribution in [3.63, 3.8) is 0 Å². The summed E-state index contributed by atoms with van der Waals surface area (Å²) >= 11 is 0. The average molecular weight is 172 g/mol. The van der Waals surface area contributed by atoms with Gasteiger partial charge in [0.25, 0.3) is 0 Å². The van der Waals surface area contributed by atoms with Crippen molar-refractivity contribution in [2.45, 2.75) is 25.9 Å². The largest absolute Gasteiger partial charge is 0.396 e. The van der Waals surface area contributed by atoms with E-state index in [1.54, 1.807) is 0 Å². The van der Waals surface area contributed by atoms with Gasteiger partial charge >= 0.3 is 0 Å². The van der Waals surface area contributed by atoms with Crippen molar-refractivity contribution in [2.75, 3.05) is 13.2 Å². The lowest BCUT2D eigenvalue weighted by Crippen LogP contribution is -2.16. The van der Waals surface area contributed by atoms with Crippen molar-refractivity contribution < 1.29 is 15.3 Å². The standard InChI is InChI=1S/C9H16O3/c1-6-7(5-11)4-9(12)8(6)2-3-10/h8-12H,2-5H2,1H3/t8-,9-/m1/s1. The minimum absolute atomic E-state index is 0.0326. The minimum atomic E-state index is -0.403. The number of aliphatic hydroxyl groups is 3. The van der Waals surface area contributed by atoms with Crippen LogP contribution in [0.1, 0.15) is 19.8 Å². The fourth-order valence-corrected chi connectivity index (χ4v) is 1.84. The van der Waals surface area contributed by atoms with Gasteiger partial charge in [0.15, 0.2) is 0 Å². The lowest BCUT2D eigenvalue weighted by Gasteiger charge is -2.14. The molecule has 1 aliphatic rings. The van der Waals surface area contributed by atoms with E-state index in [0.717, 1.165) is 11.1 Å². The topological polar surface area (TPSA) is 60.7 Å². The molecular weight excluding hydrogens is 156 g/mol. The van der Waals surface area contributed by atoms with Crippen LogP contribution in [0.25, 0.3) is 0 Å². The maximum absolute atomic E-state index is 9.53. The summed E-state index contributed by atoms with van der Waals surface area (Å²) in [6.07, 6.45) is 0.753. The number of rotatable bonds is 3. The molecule has 0 saturated heterocycles. The highest BCUT2D eigenvalue weighted by molar-refractivity contribution is 5.24. The van der Waals surface area contributed by atoms with Gasteiger partial charge in [-0.15, -0.1) is 0 Å². The Morgan fingerprint density at radius 3 is 2.50 bits per heavy atom. The highest BCUT2D eigenvalue weighted by atomic mass is 16.3. The van der Waals surface area contributed by atoms with E-state index in [-0.39, 0.29) is 19.1 Å². The van der Waals surface area contributed by atoms with Crippen LogP contribution in [-0.4, -0.2) is 34.6 Å². The molecular formula is C9H16O3. The van der Waals surface area contributed by atoms with Gasteiger partial charge in [0.05, 0.1) is 12.7 Å². The molecule has 0 spiro atoms. The fraction of sp³-hybridized carbons (Fsp3) is 0.778. The van der Waals surface area contributed by atoms with E-state index < -0.39 is 6.10 Å². The molecule has 12 heavy (non-hydrogen) atoms. The fourth-order valence-electron chi connectivity index (χ4n) is 1.84. The van der Waals surface area contributed by atoms with Crippen molar-refractivity contribution in [2.24, 2.45) is 5.92 Å². The first-order valence-corrected chi connectivity index (χ1v) is 4.29. The first kappa shape index (κ1) is 9.71. The molecule has 0 aliphatic heterocycles. The van der Waals surface area contributed by atoms with Crippen molar-refractivity contribution in [3.05, 3.63) is 11.1 Å². The molecule has 0 aromatic rings. The first-order chi connectivity index (χ1) is 5.70. The summed E-state index contributed by atoms with van der Waals surface area (Å²) < 4.78 is 0. The Bertz CT molecular complexity index is 186.